The zero-order chi connectivity index (χ0) is 25.3. The summed E-state index contributed by atoms with van der Waals surface area (Å²) in [6, 6.07) is 17.9. The summed E-state index contributed by atoms with van der Waals surface area (Å²) in [6.07, 6.45) is 3.62. The molecular weight excluding hydrogens is 402 g/mol. The number of aryl methyl sites for hydroxylation is 2. The minimum absolute atomic E-state index is 0.157. The lowest BCUT2D eigenvalue weighted by atomic mass is 9.69. The van der Waals surface area contributed by atoms with E-state index >= 15 is 0 Å². The van der Waals surface area contributed by atoms with E-state index in [9.17, 15) is 0 Å². The van der Waals surface area contributed by atoms with E-state index in [1.165, 1.54) is 22.3 Å². The van der Waals surface area contributed by atoms with Gasteiger partial charge in [0.15, 0.2) is 0 Å². The lowest BCUT2D eigenvalue weighted by molar-refractivity contribution is -0.0450. The molecule has 1 N–H and O–H groups in total. The number of hydrogen-bond acceptors (Lipinski definition) is 2. The Morgan fingerprint density at radius 2 is 1.55 bits per heavy atom. The van der Waals surface area contributed by atoms with Gasteiger partial charge in [0.05, 0.1) is 6.10 Å². The molecule has 1 saturated heterocycles. The fourth-order valence-electron chi connectivity index (χ4n) is 4.38. The van der Waals surface area contributed by atoms with Crippen LogP contribution in [-0.4, -0.2) is 19.3 Å². The first-order valence-corrected chi connectivity index (χ1v) is 13.5. The van der Waals surface area contributed by atoms with Gasteiger partial charge in [-0.15, -0.1) is 0 Å². The monoisotopic (exact) mass is 455 g/mol. The summed E-state index contributed by atoms with van der Waals surface area (Å²) in [5.41, 5.74) is 5.84. The highest BCUT2D eigenvalue weighted by Crippen LogP contribution is 2.40. The molecule has 2 atom stereocenters. The third kappa shape index (κ3) is 9.63. The Morgan fingerprint density at radius 1 is 0.939 bits per heavy atom. The molecule has 0 spiro atoms. The molecule has 1 aliphatic rings. The molecule has 1 heterocycles. The summed E-state index contributed by atoms with van der Waals surface area (Å²) in [6.45, 7) is 23.8. The van der Waals surface area contributed by atoms with Crippen molar-refractivity contribution in [2.24, 2.45) is 5.92 Å². The predicted molar refractivity (Wildman–Crippen MR) is 148 cm³/mol. The molecule has 2 heteroatoms. The van der Waals surface area contributed by atoms with E-state index in [-0.39, 0.29) is 5.41 Å². The number of benzene rings is 2. The highest BCUT2D eigenvalue weighted by atomic mass is 16.5. The largest absolute Gasteiger partial charge is 0.378 e. The number of ether oxygens (including phenoxy) is 1. The molecule has 0 aliphatic carbocycles. The van der Waals surface area contributed by atoms with Crippen LogP contribution >= 0.6 is 0 Å². The van der Waals surface area contributed by atoms with Crippen molar-refractivity contribution in [3.05, 3.63) is 70.8 Å². The van der Waals surface area contributed by atoms with Gasteiger partial charge in [0.2, 0.25) is 0 Å². The summed E-state index contributed by atoms with van der Waals surface area (Å²) >= 11 is 0. The second-order valence-corrected chi connectivity index (χ2v) is 8.49. The van der Waals surface area contributed by atoms with Crippen molar-refractivity contribution in [2.45, 2.75) is 107 Å². The predicted octanol–water partition coefficient (Wildman–Crippen LogP) is 8.50. The van der Waals surface area contributed by atoms with Crippen molar-refractivity contribution >= 4 is 0 Å². The van der Waals surface area contributed by atoms with E-state index in [4.69, 9.17) is 4.74 Å². The van der Waals surface area contributed by atoms with Gasteiger partial charge in [0.1, 0.15) is 0 Å². The molecule has 1 fully saturated rings. The standard InChI is InChI=1S/C25H35NO.3C2H6/c1-5-22-8-6-7-9-23(22)25(14-15-27-24(16-25)19(2)3)18-26-17-21-12-10-20(4)11-13-21;3*1-2/h6-13,19,24,26H,5,14-18H2,1-4H3;3*1-2H3. The van der Waals surface area contributed by atoms with Gasteiger partial charge in [-0.25, -0.2) is 0 Å². The first-order chi connectivity index (χ1) is 16.0. The molecule has 0 saturated carbocycles. The maximum atomic E-state index is 6.14. The molecule has 0 aromatic heterocycles. The van der Waals surface area contributed by atoms with E-state index in [1.54, 1.807) is 0 Å². The molecule has 0 bridgehead atoms. The molecule has 2 nitrogen and oxygen atoms in total. The normalized spacial score (nSPS) is 19.3. The average Bonchev–Trinajstić information content (AvgIpc) is 2.89. The van der Waals surface area contributed by atoms with Crippen LogP contribution in [0, 0.1) is 12.8 Å². The summed E-state index contributed by atoms with van der Waals surface area (Å²) in [5, 5.41) is 3.79. The summed E-state index contributed by atoms with van der Waals surface area (Å²) in [7, 11) is 0. The number of hydrogen-bond donors (Lipinski definition) is 1. The summed E-state index contributed by atoms with van der Waals surface area (Å²) in [5.74, 6) is 0.551. The van der Waals surface area contributed by atoms with Crippen molar-refractivity contribution in [1.82, 2.24) is 5.32 Å². The molecule has 0 amide bonds. The second kappa shape index (κ2) is 17.8. The van der Waals surface area contributed by atoms with Crippen LogP contribution < -0.4 is 5.32 Å². The van der Waals surface area contributed by atoms with Crippen LogP contribution in [0.3, 0.4) is 0 Å². The van der Waals surface area contributed by atoms with E-state index in [0.29, 0.717) is 12.0 Å². The SMILES string of the molecule is CC.CC.CC.CCc1ccccc1C1(CNCc2ccc(C)cc2)CCOC(C(C)C)C1. The second-order valence-electron chi connectivity index (χ2n) is 8.49. The van der Waals surface area contributed by atoms with Crippen LogP contribution in [-0.2, 0) is 23.1 Å². The minimum Gasteiger partial charge on any atom is -0.378 e. The smallest absolute Gasteiger partial charge is 0.0607 e. The van der Waals surface area contributed by atoms with Crippen LogP contribution in [0.15, 0.2) is 48.5 Å². The van der Waals surface area contributed by atoms with Crippen LogP contribution in [0.1, 0.15) is 97.4 Å². The Hall–Kier alpha value is -1.64. The Balaban J connectivity index is 0.00000158. The molecule has 3 rings (SSSR count). The van der Waals surface area contributed by atoms with Crippen LogP contribution in [0.5, 0.6) is 0 Å². The lowest BCUT2D eigenvalue weighted by Gasteiger charge is -2.44. The average molecular weight is 456 g/mol. The van der Waals surface area contributed by atoms with E-state index < -0.39 is 0 Å². The zero-order valence-corrected chi connectivity index (χ0v) is 23.4. The number of nitrogens with one attached hydrogen (secondary N) is 1. The first kappa shape index (κ1) is 31.4. The van der Waals surface area contributed by atoms with Crippen molar-refractivity contribution in [3.63, 3.8) is 0 Å². The fourth-order valence-corrected chi connectivity index (χ4v) is 4.38. The van der Waals surface area contributed by atoms with Crippen molar-refractivity contribution in [1.29, 1.82) is 0 Å². The molecule has 1 aliphatic heterocycles. The molecule has 2 unspecified atom stereocenters. The van der Waals surface area contributed by atoms with Gasteiger partial charge >= 0.3 is 0 Å². The summed E-state index contributed by atoms with van der Waals surface area (Å²) in [4.78, 5) is 0. The van der Waals surface area contributed by atoms with E-state index in [1.807, 2.05) is 41.5 Å². The number of rotatable bonds is 7. The summed E-state index contributed by atoms with van der Waals surface area (Å²) < 4.78 is 6.14. The topological polar surface area (TPSA) is 21.3 Å². The highest BCUT2D eigenvalue weighted by Gasteiger charge is 2.40. The molecule has 0 radical (unpaired) electrons. The van der Waals surface area contributed by atoms with Crippen molar-refractivity contribution < 1.29 is 4.74 Å². The molecule has 2 aromatic rings. The van der Waals surface area contributed by atoms with Gasteiger partial charge in [-0.3, -0.25) is 0 Å². The van der Waals surface area contributed by atoms with Crippen molar-refractivity contribution in [2.75, 3.05) is 13.2 Å². The third-order valence-electron chi connectivity index (χ3n) is 6.13. The van der Waals surface area contributed by atoms with Crippen LogP contribution in [0.2, 0.25) is 0 Å². The van der Waals surface area contributed by atoms with Crippen molar-refractivity contribution in [3.8, 4) is 0 Å². The Kier molecular flexibility index (Phi) is 16.9. The Morgan fingerprint density at radius 3 is 2.12 bits per heavy atom. The van der Waals surface area contributed by atoms with Gasteiger partial charge in [-0.1, -0.05) is 116 Å². The minimum atomic E-state index is 0.157. The maximum absolute atomic E-state index is 6.14. The lowest BCUT2D eigenvalue weighted by Crippen LogP contribution is -2.47. The highest BCUT2D eigenvalue weighted by molar-refractivity contribution is 5.36. The maximum Gasteiger partial charge on any atom is 0.0607 e. The van der Waals surface area contributed by atoms with Crippen LogP contribution in [0.4, 0.5) is 0 Å². The molecule has 2 aromatic carbocycles. The van der Waals surface area contributed by atoms with Gasteiger partial charge in [0.25, 0.3) is 0 Å². The van der Waals surface area contributed by atoms with Gasteiger partial charge in [-0.05, 0) is 48.8 Å². The van der Waals surface area contributed by atoms with E-state index in [0.717, 1.165) is 39.0 Å². The fraction of sp³-hybridized carbons (Fsp3) is 0.613. The molecule has 188 valence electrons. The van der Waals surface area contributed by atoms with Crippen LogP contribution in [0.25, 0.3) is 0 Å². The third-order valence-corrected chi connectivity index (χ3v) is 6.13. The molecule has 33 heavy (non-hydrogen) atoms. The van der Waals surface area contributed by atoms with Gasteiger partial charge in [-0.2, -0.15) is 0 Å². The molecular formula is C31H53NO. The Labute approximate surface area is 206 Å². The first-order valence-electron chi connectivity index (χ1n) is 13.5. The zero-order valence-electron chi connectivity index (χ0n) is 23.4. The van der Waals surface area contributed by atoms with Gasteiger partial charge < -0.3 is 10.1 Å². The van der Waals surface area contributed by atoms with Gasteiger partial charge in [0, 0.05) is 25.1 Å². The Bertz CT molecular complexity index is 722. The quantitative estimate of drug-likeness (QED) is 0.452. The van der Waals surface area contributed by atoms with E-state index in [2.05, 4.69) is 81.5 Å².